The van der Waals surface area contributed by atoms with Gasteiger partial charge in [0.05, 0.1) is 6.10 Å². The Bertz CT molecular complexity index is 779. The summed E-state index contributed by atoms with van der Waals surface area (Å²) in [6.07, 6.45) is 14.8. The lowest BCUT2D eigenvalue weighted by molar-refractivity contribution is -0.157. The first kappa shape index (κ1) is 23.4. The van der Waals surface area contributed by atoms with Gasteiger partial charge in [-0.3, -0.25) is 0 Å². The van der Waals surface area contributed by atoms with Crippen molar-refractivity contribution in [1.29, 1.82) is 0 Å². The first-order valence-electron chi connectivity index (χ1n) is 14.2. The zero-order chi connectivity index (χ0) is 23.3. The predicted molar refractivity (Wildman–Crippen MR) is 135 cm³/mol. The Balaban J connectivity index is 1.41. The van der Waals surface area contributed by atoms with Gasteiger partial charge in [-0.25, -0.2) is 0 Å². The van der Waals surface area contributed by atoms with Crippen LogP contribution < -0.4 is 0 Å². The van der Waals surface area contributed by atoms with Gasteiger partial charge in [-0.05, 0) is 121 Å². The fourth-order valence-corrected chi connectivity index (χ4v) is 11.0. The Labute approximate surface area is 199 Å². The molecule has 0 aromatic rings. The van der Waals surface area contributed by atoms with Crippen molar-refractivity contribution in [2.75, 3.05) is 0 Å². The van der Waals surface area contributed by atoms with Crippen molar-refractivity contribution >= 4 is 0 Å². The summed E-state index contributed by atoms with van der Waals surface area (Å²) in [4.78, 5) is 0. The molecule has 1 N–H and O–H groups in total. The van der Waals surface area contributed by atoms with Crippen LogP contribution in [0.4, 0.5) is 0 Å². The van der Waals surface area contributed by atoms with Crippen LogP contribution in [0.2, 0.25) is 0 Å². The Morgan fingerprint density at radius 1 is 0.812 bits per heavy atom. The van der Waals surface area contributed by atoms with E-state index >= 15 is 0 Å². The van der Waals surface area contributed by atoms with E-state index in [2.05, 4.69) is 48.5 Å². The quantitative estimate of drug-likeness (QED) is 0.425. The van der Waals surface area contributed by atoms with E-state index in [0.717, 1.165) is 30.1 Å². The molecule has 1 nitrogen and oxygen atoms in total. The van der Waals surface area contributed by atoms with Crippen LogP contribution in [0.25, 0.3) is 0 Å². The van der Waals surface area contributed by atoms with E-state index < -0.39 is 0 Å². The summed E-state index contributed by atoms with van der Waals surface area (Å²) >= 11 is 0. The maximum atomic E-state index is 10.9. The Kier molecular flexibility index (Phi) is 5.21. The Morgan fingerprint density at radius 3 is 2.16 bits per heavy atom. The second kappa shape index (κ2) is 7.11. The summed E-state index contributed by atoms with van der Waals surface area (Å²) in [5.74, 6) is 3.83. The molecule has 1 heteroatoms. The molecule has 0 saturated heterocycles. The number of rotatable bonds is 5. The van der Waals surface area contributed by atoms with E-state index in [9.17, 15) is 5.11 Å². The third kappa shape index (κ3) is 2.73. The number of hydrogen-bond donors (Lipinski definition) is 1. The van der Waals surface area contributed by atoms with Crippen molar-refractivity contribution in [3.8, 4) is 0 Å². The van der Waals surface area contributed by atoms with Gasteiger partial charge >= 0.3 is 0 Å². The molecule has 0 heterocycles. The first-order valence-corrected chi connectivity index (χ1v) is 14.2. The van der Waals surface area contributed by atoms with Gasteiger partial charge in [0.25, 0.3) is 0 Å². The first-order chi connectivity index (χ1) is 14.9. The largest absolute Gasteiger partial charge is 0.393 e. The van der Waals surface area contributed by atoms with Crippen LogP contribution in [0.5, 0.6) is 0 Å². The summed E-state index contributed by atoms with van der Waals surface area (Å²) < 4.78 is 0. The van der Waals surface area contributed by atoms with E-state index in [1.165, 1.54) is 64.2 Å². The van der Waals surface area contributed by atoms with Crippen LogP contribution in [0.1, 0.15) is 119 Å². The maximum Gasteiger partial charge on any atom is 0.0594 e. The van der Waals surface area contributed by atoms with Crippen LogP contribution in [-0.2, 0) is 0 Å². The molecule has 5 rings (SSSR count). The van der Waals surface area contributed by atoms with Gasteiger partial charge in [0.2, 0.25) is 0 Å². The molecule has 0 amide bonds. The zero-order valence-corrected chi connectivity index (χ0v) is 22.4. The summed E-state index contributed by atoms with van der Waals surface area (Å²) in [7, 11) is 0. The highest BCUT2D eigenvalue weighted by molar-refractivity contribution is 5.32. The predicted octanol–water partition coefficient (Wildman–Crippen LogP) is 8.41. The highest BCUT2D eigenvalue weighted by Crippen LogP contribution is 2.89. The molecule has 182 valence electrons. The topological polar surface area (TPSA) is 20.2 Å². The highest BCUT2D eigenvalue weighted by Gasteiger charge is 2.82. The van der Waals surface area contributed by atoms with E-state index in [0.29, 0.717) is 27.6 Å². The van der Waals surface area contributed by atoms with Crippen LogP contribution in [0, 0.1) is 56.7 Å². The minimum absolute atomic E-state index is 0.0942. The van der Waals surface area contributed by atoms with Gasteiger partial charge in [0.15, 0.2) is 0 Å². The Hall–Kier alpha value is -0.300. The molecule has 0 aromatic heterocycles. The number of hydrogen-bond acceptors (Lipinski definition) is 1. The van der Waals surface area contributed by atoms with Crippen LogP contribution in [0.3, 0.4) is 0 Å². The van der Waals surface area contributed by atoms with Gasteiger partial charge in [-0.1, -0.05) is 67.0 Å². The molecule has 0 aliphatic heterocycles. The van der Waals surface area contributed by atoms with Crippen LogP contribution in [0.15, 0.2) is 12.2 Å². The molecule has 5 aliphatic rings. The molecular weight excluding hydrogens is 388 g/mol. The van der Waals surface area contributed by atoms with Crippen molar-refractivity contribution in [3.05, 3.63) is 12.2 Å². The average molecular weight is 441 g/mol. The zero-order valence-electron chi connectivity index (χ0n) is 22.4. The molecule has 1 unspecified atom stereocenters. The number of allylic oxidation sites excluding steroid dienone is 1. The highest BCUT2D eigenvalue weighted by atomic mass is 16.3. The third-order valence-corrected chi connectivity index (χ3v) is 13.3. The second-order valence-corrected chi connectivity index (χ2v) is 14.9. The molecule has 0 aromatic carbocycles. The lowest BCUT2D eigenvalue weighted by Crippen LogP contribution is -2.57. The molecule has 5 aliphatic carbocycles. The molecule has 0 radical (unpaired) electrons. The van der Waals surface area contributed by atoms with Crippen molar-refractivity contribution in [1.82, 2.24) is 0 Å². The van der Waals surface area contributed by atoms with Gasteiger partial charge in [0.1, 0.15) is 0 Å². The lowest BCUT2D eigenvalue weighted by Gasteiger charge is -2.63. The fourth-order valence-electron chi connectivity index (χ4n) is 11.0. The molecule has 32 heavy (non-hydrogen) atoms. The summed E-state index contributed by atoms with van der Waals surface area (Å²) in [5, 5.41) is 10.9. The van der Waals surface area contributed by atoms with Crippen molar-refractivity contribution in [3.63, 3.8) is 0 Å². The lowest BCUT2D eigenvalue weighted by atomic mass is 9.42. The van der Waals surface area contributed by atoms with E-state index in [1.54, 1.807) is 5.57 Å². The van der Waals surface area contributed by atoms with Gasteiger partial charge < -0.3 is 5.11 Å². The van der Waals surface area contributed by atoms with E-state index in [1.807, 2.05) is 0 Å². The van der Waals surface area contributed by atoms with Crippen molar-refractivity contribution < 1.29 is 5.11 Å². The van der Waals surface area contributed by atoms with E-state index in [4.69, 9.17) is 6.58 Å². The third-order valence-electron chi connectivity index (χ3n) is 13.3. The minimum Gasteiger partial charge on any atom is -0.393 e. The van der Waals surface area contributed by atoms with Crippen LogP contribution in [-0.4, -0.2) is 11.2 Å². The molecule has 5 fully saturated rings. The standard InChI is InChI=1S/C31H52O/c1-20(2)9-10-21(3)22(4)23-13-15-29(8)25-12-11-24-27(5,6)26(32)14-16-30(24)19-31(25,30)18-17-28(23,29)7/h20-21,23-26,32H,4,9-19H2,1-3,5-8H3/t21?,23-,24+,25+,26+,28-,29+,30-,31+/m1/s1. The fraction of sp³-hybridized carbons (Fsp3) is 0.935. The SMILES string of the molecule is C=C(C(C)CCC(C)C)[C@H]1CC[C@@]2(C)[C@@H]3CC[C@H]4C(C)(C)[C@@H](O)CC[C@@]45C[C@@]35CC[C@]12C. The average Bonchev–Trinajstić information content (AvgIpc) is 3.31. The summed E-state index contributed by atoms with van der Waals surface area (Å²) in [6, 6.07) is 0. The molecule has 2 spiro atoms. The number of fused-ring (bicyclic) bond motifs is 2. The number of aliphatic hydroxyl groups excluding tert-OH is 1. The molecule has 0 bridgehead atoms. The molecular formula is C31H52O. The molecule has 5 saturated carbocycles. The van der Waals surface area contributed by atoms with Crippen LogP contribution >= 0.6 is 0 Å². The summed E-state index contributed by atoms with van der Waals surface area (Å²) in [6.45, 7) is 22.1. The van der Waals surface area contributed by atoms with E-state index in [-0.39, 0.29) is 11.5 Å². The second-order valence-electron chi connectivity index (χ2n) is 14.9. The smallest absolute Gasteiger partial charge is 0.0594 e. The molecule has 9 atom stereocenters. The minimum atomic E-state index is -0.0942. The van der Waals surface area contributed by atoms with Gasteiger partial charge in [-0.15, -0.1) is 0 Å². The van der Waals surface area contributed by atoms with Gasteiger partial charge in [-0.2, -0.15) is 0 Å². The van der Waals surface area contributed by atoms with Gasteiger partial charge in [0, 0.05) is 0 Å². The normalized spacial score (nSPS) is 51.9. The number of aliphatic hydroxyl groups is 1. The monoisotopic (exact) mass is 440 g/mol. The summed E-state index contributed by atoms with van der Waals surface area (Å²) in [5.41, 5.74) is 3.77. The Morgan fingerprint density at radius 2 is 1.47 bits per heavy atom. The maximum absolute atomic E-state index is 10.9. The van der Waals surface area contributed by atoms with Crippen molar-refractivity contribution in [2.24, 2.45) is 56.7 Å². The van der Waals surface area contributed by atoms with Crippen molar-refractivity contribution in [2.45, 2.75) is 125 Å².